The number of carboxylic acids is 1. The van der Waals surface area contributed by atoms with Crippen LogP contribution in [0.15, 0.2) is 18.3 Å². The summed E-state index contributed by atoms with van der Waals surface area (Å²) >= 11 is 0. The predicted molar refractivity (Wildman–Crippen MR) is 74.1 cm³/mol. The van der Waals surface area contributed by atoms with Crippen molar-refractivity contribution in [1.82, 2.24) is 9.88 Å². The van der Waals surface area contributed by atoms with Crippen LogP contribution in [0.1, 0.15) is 17.7 Å². The molecule has 110 valence electrons. The van der Waals surface area contributed by atoms with Crippen molar-refractivity contribution in [3.05, 3.63) is 29.6 Å². The van der Waals surface area contributed by atoms with Crippen LogP contribution >= 0.6 is 0 Å². The van der Waals surface area contributed by atoms with E-state index in [9.17, 15) is 13.2 Å². The molecule has 0 aliphatic carbocycles. The number of rotatable bonds is 5. The van der Waals surface area contributed by atoms with Gasteiger partial charge in [-0.2, -0.15) is 0 Å². The van der Waals surface area contributed by atoms with Gasteiger partial charge in [-0.1, -0.05) is 6.07 Å². The van der Waals surface area contributed by atoms with E-state index in [-0.39, 0.29) is 24.1 Å². The SMILES string of the molecule is Cc1ccc(CN(CC(=O)O)C2CCS(=O)(=O)C2)cn1. The molecule has 2 rings (SSSR count). The third kappa shape index (κ3) is 4.01. The number of aliphatic carboxylic acids is 1. The molecule has 1 aromatic heterocycles. The first kappa shape index (κ1) is 14.9. The van der Waals surface area contributed by atoms with Crippen LogP contribution in [0.5, 0.6) is 0 Å². The van der Waals surface area contributed by atoms with E-state index >= 15 is 0 Å². The Balaban J connectivity index is 2.11. The fourth-order valence-electron chi connectivity index (χ4n) is 2.38. The monoisotopic (exact) mass is 298 g/mol. The van der Waals surface area contributed by atoms with Crippen LogP contribution in [0.25, 0.3) is 0 Å². The number of aryl methyl sites for hydroxylation is 1. The molecule has 6 nitrogen and oxygen atoms in total. The minimum Gasteiger partial charge on any atom is -0.480 e. The number of hydrogen-bond donors (Lipinski definition) is 1. The molecule has 0 saturated carbocycles. The van der Waals surface area contributed by atoms with Crippen molar-refractivity contribution in [2.75, 3.05) is 18.1 Å². The Bertz CT molecular complexity index is 583. The zero-order chi connectivity index (χ0) is 14.8. The second kappa shape index (κ2) is 5.88. The van der Waals surface area contributed by atoms with Crippen molar-refractivity contribution >= 4 is 15.8 Å². The second-order valence-electron chi connectivity index (χ2n) is 5.16. The van der Waals surface area contributed by atoms with Crippen LogP contribution in [-0.2, 0) is 21.2 Å². The first-order valence-corrected chi connectivity index (χ1v) is 8.26. The fraction of sp³-hybridized carbons (Fsp3) is 0.538. The van der Waals surface area contributed by atoms with Gasteiger partial charge in [0.05, 0.1) is 18.1 Å². The normalized spacial score (nSPS) is 21.2. The number of pyridine rings is 1. The van der Waals surface area contributed by atoms with Crippen LogP contribution < -0.4 is 0 Å². The van der Waals surface area contributed by atoms with Crippen molar-refractivity contribution in [2.24, 2.45) is 0 Å². The van der Waals surface area contributed by atoms with Crippen LogP contribution in [-0.4, -0.2) is 53.5 Å². The molecule has 1 aromatic rings. The largest absolute Gasteiger partial charge is 0.480 e. The molecule has 0 amide bonds. The highest BCUT2D eigenvalue weighted by atomic mass is 32.2. The Morgan fingerprint density at radius 2 is 2.25 bits per heavy atom. The van der Waals surface area contributed by atoms with Crippen molar-refractivity contribution in [1.29, 1.82) is 0 Å². The standard InChI is InChI=1S/C13H18N2O4S/c1-10-2-3-11(6-14-10)7-15(8-13(16)17)12-4-5-20(18,19)9-12/h2-3,6,12H,4-5,7-9H2,1H3,(H,16,17). The van der Waals surface area contributed by atoms with E-state index < -0.39 is 15.8 Å². The number of carbonyl (C=O) groups is 1. The van der Waals surface area contributed by atoms with Gasteiger partial charge in [0, 0.05) is 24.5 Å². The molecule has 0 spiro atoms. The molecule has 1 aliphatic heterocycles. The molecular weight excluding hydrogens is 280 g/mol. The molecule has 0 bridgehead atoms. The van der Waals surface area contributed by atoms with E-state index in [4.69, 9.17) is 5.11 Å². The zero-order valence-electron chi connectivity index (χ0n) is 11.3. The molecule has 7 heteroatoms. The predicted octanol–water partition coefficient (Wildman–Crippen LogP) is 0.464. The number of aromatic nitrogens is 1. The van der Waals surface area contributed by atoms with Gasteiger partial charge in [-0.25, -0.2) is 8.42 Å². The van der Waals surface area contributed by atoms with E-state index in [1.807, 2.05) is 19.1 Å². The molecule has 20 heavy (non-hydrogen) atoms. The first-order valence-electron chi connectivity index (χ1n) is 6.43. The van der Waals surface area contributed by atoms with E-state index in [1.54, 1.807) is 11.1 Å². The van der Waals surface area contributed by atoms with Gasteiger partial charge < -0.3 is 5.11 Å². The van der Waals surface area contributed by atoms with Gasteiger partial charge in [0.25, 0.3) is 0 Å². The summed E-state index contributed by atoms with van der Waals surface area (Å²) in [5, 5.41) is 8.99. The lowest BCUT2D eigenvalue weighted by molar-refractivity contribution is -0.139. The minimum absolute atomic E-state index is 0.0412. The molecule has 1 unspecified atom stereocenters. The average Bonchev–Trinajstić information content (AvgIpc) is 2.71. The van der Waals surface area contributed by atoms with Crippen molar-refractivity contribution < 1.29 is 18.3 Å². The Kier molecular flexibility index (Phi) is 4.39. The Labute approximate surface area is 118 Å². The number of hydrogen-bond acceptors (Lipinski definition) is 5. The summed E-state index contributed by atoms with van der Waals surface area (Å²) in [5.74, 6) is -0.770. The van der Waals surface area contributed by atoms with E-state index in [1.165, 1.54) is 0 Å². The summed E-state index contributed by atoms with van der Waals surface area (Å²) in [6.45, 7) is 2.12. The highest BCUT2D eigenvalue weighted by Crippen LogP contribution is 2.19. The highest BCUT2D eigenvalue weighted by molar-refractivity contribution is 7.91. The third-order valence-electron chi connectivity index (χ3n) is 3.42. The summed E-state index contributed by atoms with van der Waals surface area (Å²) in [6.07, 6.45) is 2.20. The lowest BCUT2D eigenvalue weighted by Gasteiger charge is -2.26. The van der Waals surface area contributed by atoms with Gasteiger partial charge in [0.15, 0.2) is 9.84 Å². The summed E-state index contributed by atoms with van der Waals surface area (Å²) in [4.78, 5) is 16.8. The molecule has 1 aliphatic rings. The number of sulfone groups is 1. The van der Waals surface area contributed by atoms with E-state index in [0.717, 1.165) is 11.3 Å². The summed E-state index contributed by atoms with van der Waals surface area (Å²) in [7, 11) is -3.03. The number of nitrogens with zero attached hydrogens (tertiary/aromatic N) is 2. The average molecular weight is 298 g/mol. The zero-order valence-corrected chi connectivity index (χ0v) is 12.1. The lowest BCUT2D eigenvalue weighted by Crippen LogP contribution is -2.39. The molecule has 0 radical (unpaired) electrons. The second-order valence-corrected chi connectivity index (χ2v) is 7.39. The van der Waals surface area contributed by atoms with Gasteiger partial charge in [-0.15, -0.1) is 0 Å². The molecule has 2 heterocycles. The van der Waals surface area contributed by atoms with Crippen molar-refractivity contribution in [2.45, 2.75) is 25.9 Å². The van der Waals surface area contributed by atoms with Gasteiger partial charge in [-0.05, 0) is 25.0 Å². The van der Waals surface area contributed by atoms with Gasteiger partial charge >= 0.3 is 5.97 Å². The van der Waals surface area contributed by atoms with Crippen LogP contribution in [0.3, 0.4) is 0 Å². The van der Waals surface area contributed by atoms with Gasteiger partial charge in [-0.3, -0.25) is 14.7 Å². The van der Waals surface area contributed by atoms with Gasteiger partial charge in [0.1, 0.15) is 0 Å². The summed E-state index contributed by atoms with van der Waals surface area (Å²) < 4.78 is 23.1. The Hall–Kier alpha value is -1.47. The maximum Gasteiger partial charge on any atom is 0.317 e. The van der Waals surface area contributed by atoms with Crippen LogP contribution in [0, 0.1) is 6.92 Å². The molecule has 1 N–H and O–H groups in total. The smallest absolute Gasteiger partial charge is 0.317 e. The lowest BCUT2D eigenvalue weighted by atomic mass is 10.1. The number of carboxylic acid groups (broad SMARTS) is 1. The highest BCUT2D eigenvalue weighted by Gasteiger charge is 2.33. The third-order valence-corrected chi connectivity index (χ3v) is 5.17. The molecule has 1 saturated heterocycles. The first-order chi connectivity index (χ1) is 9.35. The molecule has 1 fully saturated rings. The van der Waals surface area contributed by atoms with Crippen LogP contribution in [0.4, 0.5) is 0 Å². The maximum absolute atomic E-state index is 11.5. The fourth-order valence-corrected chi connectivity index (χ4v) is 4.14. The van der Waals surface area contributed by atoms with Gasteiger partial charge in [0.2, 0.25) is 0 Å². The summed E-state index contributed by atoms with van der Waals surface area (Å²) in [6, 6.07) is 3.53. The molecular formula is C13H18N2O4S. The van der Waals surface area contributed by atoms with E-state index in [0.29, 0.717) is 13.0 Å². The Morgan fingerprint density at radius 1 is 1.50 bits per heavy atom. The van der Waals surface area contributed by atoms with E-state index in [2.05, 4.69) is 4.98 Å². The maximum atomic E-state index is 11.5. The minimum atomic E-state index is -3.03. The summed E-state index contributed by atoms with van der Waals surface area (Å²) in [5.41, 5.74) is 1.78. The molecule has 0 aromatic carbocycles. The van der Waals surface area contributed by atoms with Crippen LogP contribution in [0.2, 0.25) is 0 Å². The quantitative estimate of drug-likeness (QED) is 0.850. The van der Waals surface area contributed by atoms with Crippen molar-refractivity contribution in [3.8, 4) is 0 Å². The topological polar surface area (TPSA) is 87.6 Å². The van der Waals surface area contributed by atoms with Crippen molar-refractivity contribution in [3.63, 3.8) is 0 Å². The molecule has 1 atom stereocenters. The Morgan fingerprint density at radius 3 is 2.75 bits per heavy atom.